The fourth-order valence-corrected chi connectivity index (χ4v) is 3.61. The normalized spacial score (nSPS) is 15.6. The lowest BCUT2D eigenvalue weighted by atomic mass is 10.1. The van der Waals surface area contributed by atoms with Crippen LogP contribution in [0.1, 0.15) is 24.0 Å². The van der Waals surface area contributed by atoms with E-state index in [4.69, 9.17) is 14.2 Å². The molecule has 0 saturated carbocycles. The first-order valence-electron chi connectivity index (χ1n) is 10.0. The number of nitrogens with zero attached hydrogens (tertiary/aromatic N) is 1. The van der Waals surface area contributed by atoms with Crippen LogP contribution in [-0.4, -0.2) is 39.3 Å². The van der Waals surface area contributed by atoms with E-state index in [1.54, 1.807) is 13.2 Å². The van der Waals surface area contributed by atoms with E-state index < -0.39 is 0 Å². The minimum absolute atomic E-state index is 0.150. The van der Waals surface area contributed by atoms with E-state index in [-0.39, 0.29) is 5.91 Å². The molecule has 6 nitrogen and oxygen atoms in total. The van der Waals surface area contributed by atoms with Gasteiger partial charge in [0.25, 0.3) is 0 Å². The monoisotopic (exact) mass is 394 g/mol. The van der Waals surface area contributed by atoms with Crippen molar-refractivity contribution in [1.29, 1.82) is 0 Å². The van der Waals surface area contributed by atoms with Crippen molar-refractivity contribution in [3.05, 3.63) is 53.6 Å². The first-order valence-corrected chi connectivity index (χ1v) is 10.0. The van der Waals surface area contributed by atoms with Gasteiger partial charge in [0.2, 0.25) is 11.7 Å². The summed E-state index contributed by atoms with van der Waals surface area (Å²) in [6.45, 7) is 3.76. The zero-order valence-electron chi connectivity index (χ0n) is 16.6. The maximum absolute atomic E-state index is 12.2. The van der Waals surface area contributed by atoms with Crippen molar-refractivity contribution in [3.8, 4) is 17.2 Å². The van der Waals surface area contributed by atoms with Gasteiger partial charge >= 0.3 is 0 Å². The molecule has 6 heteroatoms. The Kier molecular flexibility index (Phi) is 5.89. The topological polar surface area (TPSA) is 60.0 Å². The highest BCUT2D eigenvalue weighted by molar-refractivity contribution is 5.91. The number of anilines is 1. The second-order valence-electron chi connectivity index (χ2n) is 7.16. The molecule has 2 aliphatic heterocycles. The van der Waals surface area contributed by atoms with Crippen molar-refractivity contribution < 1.29 is 19.0 Å². The Hall–Kier alpha value is -3.15. The standard InChI is InChI=1S/C23H26N2O4/c1-27-20-14-18(15-21-23(20)29-13-12-28-21)6-9-22(26)24-16-17-4-7-19(8-5-17)25-10-2-3-11-25/h4-9,14-15H,2-3,10-13,16H2,1H3,(H,24,26)/b9-6+. The minimum Gasteiger partial charge on any atom is -0.493 e. The second-order valence-corrected chi connectivity index (χ2v) is 7.16. The average molecular weight is 394 g/mol. The molecule has 1 saturated heterocycles. The van der Waals surface area contributed by atoms with Crippen molar-refractivity contribution in [3.63, 3.8) is 0 Å². The van der Waals surface area contributed by atoms with Crippen LogP contribution in [0.25, 0.3) is 6.08 Å². The number of amides is 1. The van der Waals surface area contributed by atoms with Gasteiger partial charge in [-0.15, -0.1) is 0 Å². The third-order valence-corrected chi connectivity index (χ3v) is 5.15. The number of rotatable bonds is 6. The minimum atomic E-state index is -0.150. The Morgan fingerprint density at radius 3 is 2.66 bits per heavy atom. The fourth-order valence-electron chi connectivity index (χ4n) is 3.61. The first kappa shape index (κ1) is 19.2. The molecule has 0 radical (unpaired) electrons. The third kappa shape index (κ3) is 4.65. The molecule has 0 atom stereocenters. The van der Waals surface area contributed by atoms with E-state index in [1.165, 1.54) is 24.6 Å². The summed E-state index contributed by atoms with van der Waals surface area (Å²) in [7, 11) is 1.59. The van der Waals surface area contributed by atoms with Crippen LogP contribution in [0.2, 0.25) is 0 Å². The Bertz CT molecular complexity index is 869. The molecule has 0 bridgehead atoms. The zero-order valence-corrected chi connectivity index (χ0v) is 16.6. The Balaban J connectivity index is 1.34. The van der Waals surface area contributed by atoms with Crippen molar-refractivity contribution in [2.45, 2.75) is 19.4 Å². The Morgan fingerprint density at radius 2 is 1.90 bits per heavy atom. The summed E-state index contributed by atoms with van der Waals surface area (Å²) in [5.74, 6) is 1.69. The number of benzene rings is 2. The summed E-state index contributed by atoms with van der Waals surface area (Å²) in [5, 5.41) is 2.92. The molecule has 0 spiro atoms. The van der Waals surface area contributed by atoms with Gasteiger partial charge in [-0.1, -0.05) is 12.1 Å². The molecule has 1 N–H and O–H groups in total. The number of carbonyl (C=O) groups excluding carboxylic acids is 1. The number of nitrogens with one attached hydrogen (secondary N) is 1. The van der Waals surface area contributed by atoms with Crippen LogP contribution < -0.4 is 24.4 Å². The molecule has 2 heterocycles. The van der Waals surface area contributed by atoms with Crippen LogP contribution in [0.15, 0.2) is 42.5 Å². The number of hydrogen-bond donors (Lipinski definition) is 1. The van der Waals surface area contributed by atoms with Crippen molar-refractivity contribution in [1.82, 2.24) is 5.32 Å². The van der Waals surface area contributed by atoms with Crippen LogP contribution >= 0.6 is 0 Å². The molecule has 2 aromatic rings. The largest absolute Gasteiger partial charge is 0.493 e. The molecule has 2 aliphatic rings. The van der Waals surface area contributed by atoms with E-state index in [2.05, 4.69) is 34.5 Å². The smallest absolute Gasteiger partial charge is 0.244 e. The van der Waals surface area contributed by atoms with Gasteiger partial charge < -0.3 is 24.4 Å². The van der Waals surface area contributed by atoms with Gasteiger partial charge in [-0.25, -0.2) is 0 Å². The fraction of sp³-hybridized carbons (Fsp3) is 0.348. The predicted molar refractivity (Wildman–Crippen MR) is 113 cm³/mol. The molecule has 1 fully saturated rings. The molecule has 2 aromatic carbocycles. The van der Waals surface area contributed by atoms with Crippen LogP contribution in [0.4, 0.5) is 5.69 Å². The maximum Gasteiger partial charge on any atom is 0.244 e. The van der Waals surface area contributed by atoms with E-state index in [0.29, 0.717) is 37.0 Å². The van der Waals surface area contributed by atoms with E-state index in [9.17, 15) is 4.79 Å². The summed E-state index contributed by atoms with van der Waals surface area (Å²) >= 11 is 0. The number of carbonyl (C=O) groups is 1. The quantitative estimate of drug-likeness (QED) is 0.761. The highest BCUT2D eigenvalue weighted by atomic mass is 16.6. The van der Waals surface area contributed by atoms with E-state index in [0.717, 1.165) is 24.2 Å². The maximum atomic E-state index is 12.2. The molecule has 1 amide bonds. The Morgan fingerprint density at radius 1 is 1.14 bits per heavy atom. The summed E-state index contributed by atoms with van der Waals surface area (Å²) in [5.41, 5.74) is 3.15. The lowest BCUT2D eigenvalue weighted by molar-refractivity contribution is -0.116. The SMILES string of the molecule is COc1cc(/C=C/C(=O)NCc2ccc(N3CCCC3)cc2)cc2c1OCCO2. The summed E-state index contributed by atoms with van der Waals surface area (Å²) in [4.78, 5) is 14.6. The van der Waals surface area contributed by atoms with E-state index >= 15 is 0 Å². The molecule has 0 aliphatic carbocycles. The molecular weight excluding hydrogens is 368 g/mol. The van der Waals surface area contributed by atoms with Gasteiger partial charge in [0.15, 0.2) is 11.5 Å². The number of methoxy groups -OCH3 is 1. The number of ether oxygens (including phenoxy) is 3. The van der Waals surface area contributed by atoms with Crippen molar-refractivity contribution in [2.75, 3.05) is 38.3 Å². The summed E-state index contributed by atoms with van der Waals surface area (Å²) < 4.78 is 16.6. The van der Waals surface area contributed by atoms with E-state index in [1.807, 2.05) is 12.1 Å². The average Bonchev–Trinajstić information content (AvgIpc) is 3.31. The molecular formula is C23H26N2O4. The highest BCUT2D eigenvalue weighted by Gasteiger charge is 2.17. The van der Waals surface area contributed by atoms with Gasteiger partial charge in [0.05, 0.1) is 7.11 Å². The predicted octanol–water partition coefficient (Wildman–Crippen LogP) is 3.40. The van der Waals surface area contributed by atoms with Crippen LogP contribution in [0.5, 0.6) is 17.2 Å². The highest BCUT2D eigenvalue weighted by Crippen LogP contribution is 2.40. The third-order valence-electron chi connectivity index (χ3n) is 5.15. The van der Waals surface area contributed by atoms with Crippen LogP contribution in [0.3, 0.4) is 0 Å². The van der Waals surface area contributed by atoms with Gasteiger partial charge in [0.1, 0.15) is 13.2 Å². The number of fused-ring (bicyclic) bond motifs is 1. The van der Waals surface area contributed by atoms with Crippen LogP contribution in [-0.2, 0) is 11.3 Å². The molecule has 152 valence electrons. The lowest BCUT2D eigenvalue weighted by Crippen LogP contribution is -2.20. The van der Waals surface area contributed by atoms with Crippen molar-refractivity contribution >= 4 is 17.7 Å². The first-order chi connectivity index (χ1) is 14.2. The summed E-state index contributed by atoms with van der Waals surface area (Å²) in [6.07, 6.45) is 5.79. The van der Waals surface area contributed by atoms with Gasteiger partial charge in [-0.05, 0) is 54.3 Å². The number of hydrogen-bond acceptors (Lipinski definition) is 5. The molecule has 4 rings (SSSR count). The molecule has 0 unspecified atom stereocenters. The van der Waals surface area contributed by atoms with Gasteiger partial charge in [-0.2, -0.15) is 0 Å². The van der Waals surface area contributed by atoms with Crippen LogP contribution in [0, 0.1) is 0 Å². The molecule has 0 aromatic heterocycles. The van der Waals surface area contributed by atoms with Crippen molar-refractivity contribution in [2.24, 2.45) is 0 Å². The van der Waals surface area contributed by atoms with Gasteiger partial charge in [-0.3, -0.25) is 4.79 Å². The van der Waals surface area contributed by atoms with Gasteiger partial charge in [0, 0.05) is 31.4 Å². The second kappa shape index (κ2) is 8.90. The Labute approximate surface area is 171 Å². The molecule has 29 heavy (non-hydrogen) atoms. The zero-order chi connectivity index (χ0) is 20.1. The lowest BCUT2D eigenvalue weighted by Gasteiger charge is -2.20. The summed E-state index contributed by atoms with van der Waals surface area (Å²) in [6, 6.07) is 12.1.